The van der Waals surface area contributed by atoms with E-state index in [9.17, 15) is 9.59 Å². The molecule has 3 nitrogen and oxygen atoms in total. The average molecular weight is 238 g/mol. The molecule has 0 unspecified atom stereocenters. The normalized spacial score (nSPS) is 9.35. The molecule has 17 heavy (non-hydrogen) atoms. The van der Waals surface area contributed by atoms with Crippen molar-refractivity contribution in [2.75, 3.05) is 7.11 Å². The summed E-state index contributed by atoms with van der Waals surface area (Å²) in [5.74, 6) is -1.37. The molecule has 0 bridgehead atoms. The second-order valence-corrected chi connectivity index (χ2v) is 3.90. The van der Waals surface area contributed by atoms with E-state index in [2.05, 4.69) is 17.4 Å². The number of carbonyl (C=O) groups excluding carboxylic acids is 2. The van der Waals surface area contributed by atoms with Gasteiger partial charge in [-0.05, 0) is 25.8 Å². The summed E-state index contributed by atoms with van der Waals surface area (Å²) in [6, 6.07) is 0. The lowest BCUT2D eigenvalue weighted by Crippen LogP contribution is -2.17. The van der Waals surface area contributed by atoms with Gasteiger partial charge in [0.05, 0.1) is 7.11 Å². The second kappa shape index (κ2) is 9.86. The van der Waals surface area contributed by atoms with Crippen LogP contribution in [0.15, 0.2) is 17.4 Å². The number of Topliss-reactive ketones (excluding diaryl/α,β-unsaturated/α-hetero) is 1. The van der Waals surface area contributed by atoms with E-state index >= 15 is 0 Å². The molecule has 96 valence electrons. The Bertz CT molecular complexity index is 309. The number of hydrogen-bond acceptors (Lipinski definition) is 3. The summed E-state index contributed by atoms with van der Waals surface area (Å²) in [4.78, 5) is 22.7. The van der Waals surface area contributed by atoms with Crippen LogP contribution in [0.25, 0.3) is 0 Å². The maximum atomic E-state index is 11.6. The molecule has 0 saturated carbocycles. The zero-order chi connectivity index (χ0) is 13.1. The first-order valence-electron chi connectivity index (χ1n) is 6.20. The van der Waals surface area contributed by atoms with Gasteiger partial charge < -0.3 is 4.74 Å². The van der Waals surface area contributed by atoms with Crippen LogP contribution in [-0.2, 0) is 14.3 Å². The fourth-order valence-corrected chi connectivity index (χ4v) is 1.55. The molecule has 0 aromatic rings. The highest BCUT2D eigenvalue weighted by Crippen LogP contribution is 2.11. The zero-order valence-electron chi connectivity index (χ0n) is 11.0. The zero-order valence-corrected chi connectivity index (χ0v) is 11.0. The van der Waals surface area contributed by atoms with Crippen molar-refractivity contribution < 1.29 is 14.3 Å². The van der Waals surface area contributed by atoms with Crippen molar-refractivity contribution in [3.8, 4) is 0 Å². The average Bonchev–Trinajstić information content (AvgIpc) is 2.35. The Balaban J connectivity index is 4.23. The summed E-state index contributed by atoms with van der Waals surface area (Å²) in [5, 5.41) is 0. The molecule has 0 N–H and O–H groups in total. The Morgan fingerprint density at radius 2 is 1.82 bits per heavy atom. The molecule has 0 radical (unpaired) electrons. The standard InChI is InChI=1S/C14H22O3/c1-4-6-7-8-9-11-12(10-5-2)13(15)14(16)17-3/h5H,4,6-9,11H2,1-3H3. The molecule has 3 heteroatoms. The van der Waals surface area contributed by atoms with Crippen molar-refractivity contribution in [1.82, 2.24) is 0 Å². The lowest BCUT2D eigenvalue weighted by atomic mass is 10.0. The minimum Gasteiger partial charge on any atom is -0.463 e. The fraction of sp³-hybridized carbons (Fsp3) is 0.643. The number of esters is 1. The van der Waals surface area contributed by atoms with E-state index in [-0.39, 0.29) is 0 Å². The van der Waals surface area contributed by atoms with Crippen molar-refractivity contribution in [2.24, 2.45) is 0 Å². The SMILES string of the molecule is CC=C=C(CCCCCCC)C(=O)C(=O)OC. The minimum atomic E-state index is -0.803. The van der Waals surface area contributed by atoms with Gasteiger partial charge in [0.1, 0.15) is 0 Å². The van der Waals surface area contributed by atoms with Crippen molar-refractivity contribution in [1.29, 1.82) is 0 Å². The third kappa shape index (κ3) is 6.75. The van der Waals surface area contributed by atoms with Gasteiger partial charge in [-0.1, -0.05) is 32.6 Å². The van der Waals surface area contributed by atoms with Crippen LogP contribution in [0.4, 0.5) is 0 Å². The molecule has 0 aliphatic rings. The molecule has 0 heterocycles. The van der Waals surface area contributed by atoms with Gasteiger partial charge in [0.25, 0.3) is 5.78 Å². The number of ether oxygens (including phenoxy) is 1. The van der Waals surface area contributed by atoms with Crippen LogP contribution < -0.4 is 0 Å². The first-order chi connectivity index (χ1) is 8.17. The maximum absolute atomic E-state index is 11.6. The van der Waals surface area contributed by atoms with E-state index in [1.807, 2.05) is 0 Å². The summed E-state index contributed by atoms with van der Waals surface area (Å²) in [6.07, 6.45) is 7.83. The van der Waals surface area contributed by atoms with E-state index in [1.54, 1.807) is 13.0 Å². The molecule has 0 spiro atoms. The van der Waals surface area contributed by atoms with Gasteiger partial charge in [-0.3, -0.25) is 4.79 Å². The number of carbonyl (C=O) groups is 2. The van der Waals surface area contributed by atoms with Crippen molar-refractivity contribution in [3.63, 3.8) is 0 Å². The number of unbranched alkanes of at least 4 members (excludes halogenated alkanes) is 4. The largest absolute Gasteiger partial charge is 0.463 e. The molecule has 0 saturated heterocycles. The van der Waals surface area contributed by atoms with Crippen molar-refractivity contribution in [2.45, 2.75) is 52.4 Å². The third-order valence-electron chi connectivity index (χ3n) is 2.49. The molecule has 0 fully saturated rings. The minimum absolute atomic E-state index is 0.427. The lowest BCUT2D eigenvalue weighted by molar-refractivity contribution is -0.149. The lowest BCUT2D eigenvalue weighted by Gasteiger charge is -2.02. The van der Waals surface area contributed by atoms with Gasteiger partial charge in [0.2, 0.25) is 0 Å². The van der Waals surface area contributed by atoms with E-state index in [0.29, 0.717) is 12.0 Å². The van der Waals surface area contributed by atoms with Crippen molar-refractivity contribution >= 4 is 11.8 Å². The van der Waals surface area contributed by atoms with Crippen LogP contribution in [-0.4, -0.2) is 18.9 Å². The van der Waals surface area contributed by atoms with Crippen LogP contribution in [0.5, 0.6) is 0 Å². The highest BCUT2D eigenvalue weighted by atomic mass is 16.5. The Kier molecular flexibility index (Phi) is 9.08. The second-order valence-electron chi connectivity index (χ2n) is 3.90. The summed E-state index contributed by atoms with van der Waals surface area (Å²) >= 11 is 0. The summed E-state index contributed by atoms with van der Waals surface area (Å²) < 4.78 is 4.42. The van der Waals surface area contributed by atoms with E-state index in [4.69, 9.17) is 0 Å². The number of ketones is 1. The Morgan fingerprint density at radius 1 is 1.18 bits per heavy atom. The third-order valence-corrected chi connectivity index (χ3v) is 2.49. The van der Waals surface area contributed by atoms with Gasteiger partial charge in [-0.15, -0.1) is 5.73 Å². The highest BCUT2D eigenvalue weighted by Gasteiger charge is 2.18. The van der Waals surface area contributed by atoms with Crippen molar-refractivity contribution in [3.05, 3.63) is 17.4 Å². The number of rotatable bonds is 8. The molecule has 0 aromatic carbocycles. The number of methoxy groups -OCH3 is 1. The predicted molar refractivity (Wildman–Crippen MR) is 67.7 cm³/mol. The summed E-state index contributed by atoms with van der Waals surface area (Å²) in [6.45, 7) is 3.94. The van der Waals surface area contributed by atoms with Gasteiger partial charge in [0, 0.05) is 5.57 Å². The van der Waals surface area contributed by atoms with Crippen LogP contribution in [0.3, 0.4) is 0 Å². The fourth-order valence-electron chi connectivity index (χ4n) is 1.55. The van der Waals surface area contributed by atoms with Crippen LogP contribution >= 0.6 is 0 Å². The quantitative estimate of drug-likeness (QED) is 0.214. The smallest absolute Gasteiger partial charge is 0.379 e. The Morgan fingerprint density at radius 3 is 2.35 bits per heavy atom. The first kappa shape index (κ1) is 15.7. The first-order valence-corrected chi connectivity index (χ1v) is 6.20. The van der Waals surface area contributed by atoms with E-state index in [0.717, 1.165) is 12.8 Å². The molecule has 0 rings (SSSR count). The maximum Gasteiger partial charge on any atom is 0.379 e. The number of hydrogen-bond donors (Lipinski definition) is 0. The van der Waals surface area contributed by atoms with Gasteiger partial charge in [-0.25, -0.2) is 4.79 Å². The Hall–Kier alpha value is -1.34. The van der Waals surface area contributed by atoms with Crippen LogP contribution in [0.1, 0.15) is 52.4 Å². The van der Waals surface area contributed by atoms with Gasteiger partial charge >= 0.3 is 5.97 Å². The molecule has 0 atom stereocenters. The summed E-state index contributed by atoms with van der Waals surface area (Å²) in [5.41, 5.74) is 3.26. The van der Waals surface area contributed by atoms with Gasteiger partial charge in [0.15, 0.2) is 0 Å². The van der Waals surface area contributed by atoms with Gasteiger partial charge in [-0.2, -0.15) is 0 Å². The monoisotopic (exact) mass is 238 g/mol. The molecule has 0 aromatic heterocycles. The van der Waals surface area contributed by atoms with Crippen LogP contribution in [0, 0.1) is 0 Å². The molecule has 0 amide bonds. The molecular weight excluding hydrogens is 216 g/mol. The van der Waals surface area contributed by atoms with E-state index in [1.165, 1.54) is 26.4 Å². The predicted octanol–water partition coefficient (Wildman–Crippen LogP) is 3.19. The molecular formula is C14H22O3. The molecule has 0 aliphatic carbocycles. The molecule has 0 aliphatic heterocycles. The summed E-state index contributed by atoms with van der Waals surface area (Å²) in [7, 11) is 1.22. The van der Waals surface area contributed by atoms with Crippen LogP contribution in [0.2, 0.25) is 0 Å². The highest BCUT2D eigenvalue weighted by molar-refractivity contribution is 6.40. The van der Waals surface area contributed by atoms with E-state index < -0.39 is 11.8 Å². The Labute approximate surface area is 104 Å². The topological polar surface area (TPSA) is 43.4 Å².